The molecule has 2 saturated carbocycles. The second-order valence-corrected chi connectivity index (χ2v) is 16.4. The molecule has 2 heterocycles. The second-order valence-electron chi connectivity index (χ2n) is 16.4. The van der Waals surface area contributed by atoms with Crippen molar-refractivity contribution < 1.29 is 19.7 Å². The number of hydrogen-bond acceptors (Lipinski definition) is 4. The Morgan fingerprint density at radius 3 is 1.77 bits per heavy atom. The highest BCUT2D eigenvalue weighted by Crippen LogP contribution is 2.68. The van der Waals surface area contributed by atoms with Crippen molar-refractivity contribution >= 4 is 0 Å². The largest absolute Gasteiger partial charge is 0.393 e. The predicted molar refractivity (Wildman–Crippen MR) is 183 cm³/mol. The third-order valence-corrected chi connectivity index (χ3v) is 11.5. The van der Waals surface area contributed by atoms with Crippen LogP contribution in [0.15, 0.2) is 70.9 Å². The fourth-order valence-electron chi connectivity index (χ4n) is 8.90. The molecule has 2 saturated heterocycles. The average molecular weight is 607 g/mol. The molecule has 0 aromatic heterocycles. The Bertz CT molecular complexity index is 1240. The van der Waals surface area contributed by atoms with E-state index in [2.05, 4.69) is 118 Å². The van der Waals surface area contributed by atoms with Crippen LogP contribution in [0.3, 0.4) is 0 Å². The molecule has 0 radical (unpaired) electrons. The summed E-state index contributed by atoms with van der Waals surface area (Å²) < 4.78 is 12.6. The zero-order valence-electron chi connectivity index (χ0n) is 29.6. The van der Waals surface area contributed by atoms with E-state index in [1.807, 2.05) is 0 Å². The lowest BCUT2D eigenvalue weighted by Crippen LogP contribution is -2.47. The van der Waals surface area contributed by atoms with Crippen LogP contribution in [-0.4, -0.2) is 44.8 Å². The van der Waals surface area contributed by atoms with Crippen molar-refractivity contribution in [3.05, 3.63) is 70.9 Å². The standard InChI is InChI=1S/C40H62O4/c1-29(17-13-19-31(3)21-23-39-35(5,6)25-33(41)27-37(39,9)43-39)15-11-12-16-30(2)18-14-20-32(4)22-24-40-36(7,8)26-34(42)28-38(40,10)44-40/h11-12,15-16,19-21,23,33-34,41-42H,13-14,17-18,22,24-28H2,1-10H3/b12-11+,23-21+,29-15+,30-16+,31-19+,32-20+/t33-,34-,37+,38+,39-,40-/m0/s1. The number of aliphatic hydroxyl groups excluding tert-OH is 2. The summed E-state index contributed by atoms with van der Waals surface area (Å²) in [6.45, 7) is 22.1. The summed E-state index contributed by atoms with van der Waals surface area (Å²) in [5, 5.41) is 20.6. The molecule has 0 unspecified atom stereocenters. The van der Waals surface area contributed by atoms with Gasteiger partial charge in [0, 0.05) is 18.3 Å². The molecule has 4 fully saturated rings. The summed E-state index contributed by atoms with van der Waals surface area (Å²) in [7, 11) is 0. The molecule has 2 N–H and O–H groups in total. The fraction of sp³-hybridized carbons (Fsp3) is 0.700. The van der Waals surface area contributed by atoms with Crippen molar-refractivity contribution in [3.63, 3.8) is 0 Å². The topological polar surface area (TPSA) is 65.5 Å². The maximum atomic E-state index is 10.3. The third kappa shape index (κ3) is 7.14. The minimum absolute atomic E-state index is 0.0121. The summed E-state index contributed by atoms with van der Waals surface area (Å²) in [5.41, 5.74) is 4.67. The first kappa shape index (κ1) is 35.1. The molecule has 4 nitrogen and oxygen atoms in total. The Labute approximate surface area is 269 Å². The highest BCUT2D eigenvalue weighted by atomic mass is 16.6. The number of ether oxygens (including phenoxy) is 2. The molecule has 246 valence electrons. The van der Waals surface area contributed by atoms with E-state index in [0.29, 0.717) is 0 Å². The van der Waals surface area contributed by atoms with Gasteiger partial charge in [-0.25, -0.2) is 0 Å². The Morgan fingerprint density at radius 1 is 0.659 bits per heavy atom. The van der Waals surface area contributed by atoms with Crippen molar-refractivity contribution in [2.75, 3.05) is 0 Å². The number of rotatable bonds is 13. The lowest BCUT2D eigenvalue weighted by Gasteiger charge is -2.40. The van der Waals surface area contributed by atoms with Gasteiger partial charge in [0.25, 0.3) is 0 Å². The van der Waals surface area contributed by atoms with Crippen LogP contribution in [0, 0.1) is 10.8 Å². The van der Waals surface area contributed by atoms with E-state index in [4.69, 9.17) is 9.47 Å². The van der Waals surface area contributed by atoms with Crippen molar-refractivity contribution in [1.82, 2.24) is 0 Å². The van der Waals surface area contributed by atoms with E-state index in [0.717, 1.165) is 64.2 Å². The molecule has 0 bridgehead atoms. The van der Waals surface area contributed by atoms with Crippen LogP contribution in [0.2, 0.25) is 0 Å². The Kier molecular flexibility index (Phi) is 10.2. The first-order valence-electron chi connectivity index (χ1n) is 17.2. The van der Waals surface area contributed by atoms with Crippen LogP contribution in [-0.2, 0) is 9.47 Å². The number of fused-ring (bicyclic) bond motifs is 2. The van der Waals surface area contributed by atoms with Crippen LogP contribution in [0.1, 0.15) is 133 Å². The fourth-order valence-corrected chi connectivity index (χ4v) is 8.90. The Balaban J connectivity index is 1.16. The van der Waals surface area contributed by atoms with E-state index in [-0.39, 0.29) is 45.4 Å². The maximum Gasteiger partial charge on any atom is 0.121 e. The lowest BCUT2D eigenvalue weighted by molar-refractivity contribution is 0.0318. The number of epoxide rings is 2. The normalized spacial score (nSPS) is 38.6. The predicted octanol–water partition coefficient (Wildman–Crippen LogP) is 9.64. The molecular formula is C40H62O4. The molecule has 2 aliphatic heterocycles. The second kappa shape index (κ2) is 12.8. The van der Waals surface area contributed by atoms with E-state index in [1.54, 1.807) is 0 Å². The van der Waals surface area contributed by atoms with Gasteiger partial charge in [0.2, 0.25) is 0 Å². The lowest BCUT2D eigenvalue weighted by atomic mass is 9.61. The van der Waals surface area contributed by atoms with Gasteiger partial charge in [0.1, 0.15) is 16.8 Å². The van der Waals surface area contributed by atoms with Crippen LogP contribution in [0.4, 0.5) is 0 Å². The van der Waals surface area contributed by atoms with Crippen LogP contribution < -0.4 is 0 Å². The summed E-state index contributed by atoms with van der Waals surface area (Å²) in [5.74, 6) is 0. The molecule has 0 amide bonds. The van der Waals surface area contributed by atoms with Gasteiger partial charge in [0.05, 0.1) is 17.8 Å². The molecule has 2 aliphatic carbocycles. The van der Waals surface area contributed by atoms with Gasteiger partial charge in [-0.3, -0.25) is 0 Å². The highest BCUT2D eigenvalue weighted by molar-refractivity contribution is 5.35. The average Bonchev–Trinajstić information content (AvgIpc) is 3.73. The Hall–Kier alpha value is -1.72. The van der Waals surface area contributed by atoms with Gasteiger partial charge in [-0.15, -0.1) is 0 Å². The minimum atomic E-state index is -0.275. The molecule has 4 heteroatoms. The first-order valence-corrected chi connectivity index (χ1v) is 17.2. The quantitative estimate of drug-likeness (QED) is 0.124. The van der Waals surface area contributed by atoms with Gasteiger partial charge < -0.3 is 19.7 Å². The van der Waals surface area contributed by atoms with Crippen LogP contribution in [0.25, 0.3) is 0 Å². The summed E-state index contributed by atoms with van der Waals surface area (Å²) in [6, 6.07) is 0. The van der Waals surface area contributed by atoms with Crippen molar-refractivity contribution in [2.24, 2.45) is 10.8 Å². The van der Waals surface area contributed by atoms with Crippen molar-refractivity contribution in [1.29, 1.82) is 0 Å². The number of hydrogen-bond donors (Lipinski definition) is 2. The summed E-state index contributed by atoms with van der Waals surface area (Å²) in [4.78, 5) is 0. The van der Waals surface area contributed by atoms with Gasteiger partial charge in [0.15, 0.2) is 0 Å². The molecule has 4 aliphatic rings. The molecule has 0 aromatic rings. The van der Waals surface area contributed by atoms with Crippen LogP contribution >= 0.6 is 0 Å². The number of aliphatic hydroxyl groups is 2. The smallest absolute Gasteiger partial charge is 0.121 e. The van der Waals surface area contributed by atoms with E-state index >= 15 is 0 Å². The zero-order chi connectivity index (χ0) is 32.6. The SMILES string of the molecule is CC(/C=C/[C@@]12O[C@]1(C)C[C@@H](O)CC2(C)C)=C\CC/C(C)=C/C=C/C=C(\C)CC/C=C(\C)CC[C@@]12O[C@]1(C)C[C@@H](O)CC2(C)C. The van der Waals surface area contributed by atoms with E-state index < -0.39 is 0 Å². The molecular weight excluding hydrogens is 544 g/mol. The van der Waals surface area contributed by atoms with E-state index in [9.17, 15) is 10.2 Å². The van der Waals surface area contributed by atoms with Crippen LogP contribution in [0.5, 0.6) is 0 Å². The number of allylic oxidation sites excluding steroid dienone is 11. The Morgan fingerprint density at radius 2 is 1.20 bits per heavy atom. The first-order chi connectivity index (χ1) is 20.4. The van der Waals surface area contributed by atoms with Crippen molar-refractivity contribution in [3.8, 4) is 0 Å². The van der Waals surface area contributed by atoms with Gasteiger partial charge in [-0.2, -0.15) is 0 Å². The monoisotopic (exact) mass is 606 g/mol. The van der Waals surface area contributed by atoms with Gasteiger partial charge in [-0.1, -0.05) is 92.5 Å². The van der Waals surface area contributed by atoms with Gasteiger partial charge in [-0.05, 0) is 104 Å². The van der Waals surface area contributed by atoms with E-state index in [1.165, 1.54) is 22.3 Å². The molecule has 44 heavy (non-hydrogen) atoms. The minimum Gasteiger partial charge on any atom is -0.393 e. The molecule has 0 aromatic carbocycles. The summed E-state index contributed by atoms with van der Waals surface area (Å²) in [6.07, 6.45) is 26.8. The molecule has 4 rings (SSSR count). The van der Waals surface area contributed by atoms with Gasteiger partial charge >= 0.3 is 0 Å². The third-order valence-electron chi connectivity index (χ3n) is 11.5. The maximum absolute atomic E-state index is 10.3. The molecule has 6 atom stereocenters. The molecule has 0 spiro atoms. The zero-order valence-corrected chi connectivity index (χ0v) is 29.6. The highest BCUT2D eigenvalue weighted by Gasteiger charge is 2.75. The summed E-state index contributed by atoms with van der Waals surface area (Å²) >= 11 is 0. The van der Waals surface area contributed by atoms with Crippen molar-refractivity contribution in [2.45, 2.75) is 168 Å².